The molecule has 4 N–H and O–H groups in total. The summed E-state index contributed by atoms with van der Waals surface area (Å²) in [6, 6.07) is 5.39. The first-order valence-corrected chi connectivity index (χ1v) is 8.61. The number of fused-ring (bicyclic) bond motifs is 2. The largest absolute Gasteiger partial charge is 0.477 e. The highest BCUT2D eigenvalue weighted by Gasteiger charge is 2.24. The molecule has 3 aromatic heterocycles. The van der Waals surface area contributed by atoms with Gasteiger partial charge in [-0.25, -0.2) is 19.4 Å². The number of rotatable bonds is 2. The fourth-order valence-electron chi connectivity index (χ4n) is 3.10. The minimum atomic E-state index is -1.11. The molecule has 0 aliphatic carbocycles. The lowest BCUT2D eigenvalue weighted by molar-refractivity contribution is 0.0691. The smallest absolute Gasteiger partial charge is 0.353 e. The van der Waals surface area contributed by atoms with E-state index in [1.165, 1.54) is 6.33 Å². The van der Waals surface area contributed by atoms with Gasteiger partial charge in [0.15, 0.2) is 5.65 Å². The van der Waals surface area contributed by atoms with Crippen molar-refractivity contribution in [2.45, 2.75) is 26.3 Å². The third-order valence-electron chi connectivity index (χ3n) is 4.35. The zero-order chi connectivity index (χ0) is 19.5. The lowest BCUT2D eigenvalue weighted by Gasteiger charge is -2.19. The minimum absolute atomic E-state index is 0.0447. The van der Waals surface area contributed by atoms with Gasteiger partial charge in [-0.05, 0) is 26.8 Å². The van der Waals surface area contributed by atoms with Gasteiger partial charge in [0.1, 0.15) is 23.5 Å². The van der Waals surface area contributed by atoms with Crippen LogP contribution in [0.2, 0.25) is 5.02 Å². The van der Waals surface area contributed by atoms with E-state index in [1.54, 1.807) is 12.1 Å². The number of hydrogen-bond donors (Lipinski definition) is 3. The van der Waals surface area contributed by atoms with Gasteiger partial charge in [0, 0.05) is 16.5 Å². The van der Waals surface area contributed by atoms with Crippen LogP contribution in [0.4, 0.5) is 5.82 Å². The number of benzene rings is 1. The summed E-state index contributed by atoms with van der Waals surface area (Å²) in [4.78, 5) is 22.6. The first-order valence-electron chi connectivity index (χ1n) is 8.23. The van der Waals surface area contributed by atoms with E-state index in [2.05, 4.69) is 15.0 Å². The van der Waals surface area contributed by atoms with Gasteiger partial charge in [0.2, 0.25) is 0 Å². The SMILES string of the molecule is CC(C)(C)n1nc(-c2ccc3c(Cl)c(C(=O)O)[nH]c3c2)c2c(N)ncnc21. The molecule has 0 spiro atoms. The van der Waals surface area contributed by atoms with E-state index in [1.807, 2.05) is 31.5 Å². The van der Waals surface area contributed by atoms with Crippen molar-refractivity contribution in [2.24, 2.45) is 0 Å². The van der Waals surface area contributed by atoms with E-state index < -0.39 is 5.97 Å². The maximum absolute atomic E-state index is 11.3. The molecular formula is C18H17ClN6O2. The van der Waals surface area contributed by atoms with Crippen LogP contribution in [0.5, 0.6) is 0 Å². The normalized spacial score (nSPS) is 12.1. The third kappa shape index (κ3) is 2.60. The summed E-state index contributed by atoms with van der Waals surface area (Å²) in [5.41, 5.74) is 8.39. The Hall–Kier alpha value is -3.13. The molecule has 0 bridgehead atoms. The van der Waals surface area contributed by atoms with Crippen molar-refractivity contribution in [3.8, 4) is 11.3 Å². The highest BCUT2D eigenvalue weighted by atomic mass is 35.5. The Morgan fingerprint density at radius 3 is 2.70 bits per heavy atom. The van der Waals surface area contributed by atoms with Crippen LogP contribution in [0.15, 0.2) is 24.5 Å². The molecule has 0 saturated heterocycles. The quantitative estimate of drug-likeness (QED) is 0.484. The second kappa shape index (κ2) is 5.68. The Balaban J connectivity index is 2.01. The van der Waals surface area contributed by atoms with Crippen molar-refractivity contribution in [3.63, 3.8) is 0 Å². The monoisotopic (exact) mass is 384 g/mol. The van der Waals surface area contributed by atoms with E-state index >= 15 is 0 Å². The lowest BCUT2D eigenvalue weighted by Crippen LogP contribution is -2.23. The number of carboxylic acids is 1. The first kappa shape index (κ1) is 17.3. The standard InChI is InChI=1S/C18H17ClN6O2/c1-18(2,3)25-16-11(15(20)21-7-22-16)13(24-25)8-4-5-9-10(6-8)23-14(12(9)19)17(26)27/h4-7,23H,1-3H3,(H,26,27)(H2,20,21,22). The van der Waals surface area contributed by atoms with E-state index in [0.29, 0.717) is 33.4 Å². The van der Waals surface area contributed by atoms with Crippen molar-refractivity contribution < 1.29 is 9.90 Å². The second-order valence-electron chi connectivity index (χ2n) is 7.27. The number of nitrogens with zero attached hydrogens (tertiary/aromatic N) is 4. The van der Waals surface area contributed by atoms with Gasteiger partial charge in [0.05, 0.1) is 15.9 Å². The lowest BCUT2D eigenvalue weighted by atomic mass is 10.1. The Morgan fingerprint density at radius 2 is 2.04 bits per heavy atom. The Kier molecular flexibility index (Phi) is 3.64. The molecule has 0 aliphatic heterocycles. The minimum Gasteiger partial charge on any atom is -0.477 e. The van der Waals surface area contributed by atoms with E-state index in [4.69, 9.17) is 22.4 Å². The van der Waals surface area contributed by atoms with Crippen LogP contribution in [-0.2, 0) is 5.54 Å². The molecule has 27 heavy (non-hydrogen) atoms. The van der Waals surface area contributed by atoms with Crippen molar-refractivity contribution >= 4 is 45.3 Å². The first-order chi connectivity index (χ1) is 12.7. The summed E-state index contributed by atoms with van der Waals surface area (Å²) in [5.74, 6) is -0.779. The predicted octanol–water partition coefficient (Wildman–Crippen LogP) is 3.66. The summed E-state index contributed by atoms with van der Waals surface area (Å²) in [5, 5.41) is 15.5. The Bertz CT molecular complexity index is 1220. The molecule has 0 aliphatic rings. The number of nitrogens with one attached hydrogen (secondary N) is 1. The number of nitrogen functional groups attached to an aromatic ring is 1. The number of aromatic nitrogens is 5. The summed E-state index contributed by atoms with van der Waals surface area (Å²) in [6.45, 7) is 6.07. The van der Waals surface area contributed by atoms with Crippen molar-refractivity contribution in [1.82, 2.24) is 24.7 Å². The summed E-state index contributed by atoms with van der Waals surface area (Å²) >= 11 is 6.16. The molecule has 0 radical (unpaired) electrons. The number of aromatic carboxylic acids is 1. The maximum atomic E-state index is 11.3. The number of carbonyl (C=O) groups is 1. The molecular weight excluding hydrogens is 368 g/mol. The van der Waals surface area contributed by atoms with Crippen LogP contribution in [0.25, 0.3) is 33.2 Å². The molecule has 0 amide bonds. The third-order valence-corrected chi connectivity index (χ3v) is 4.74. The second-order valence-corrected chi connectivity index (χ2v) is 7.65. The van der Waals surface area contributed by atoms with E-state index in [0.717, 1.165) is 5.56 Å². The topological polar surface area (TPSA) is 123 Å². The van der Waals surface area contributed by atoms with Gasteiger partial charge in [0.25, 0.3) is 0 Å². The average molecular weight is 385 g/mol. The number of nitrogens with two attached hydrogens (primary N) is 1. The molecule has 9 heteroatoms. The number of anilines is 1. The zero-order valence-electron chi connectivity index (χ0n) is 14.9. The van der Waals surface area contributed by atoms with Crippen molar-refractivity contribution in [2.75, 3.05) is 5.73 Å². The van der Waals surface area contributed by atoms with Gasteiger partial charge >= 0.3 is 5.97 Å². The number of halogens is 1. The molecule has 1 aromatic carbocycles. The average Bonchev–Trinajstić information content (AvgIpc) is 3.14. The van der Waals surface area contributed by atoms with Crippen LogP contribution >= 0.6 is 11.6 Å². The van der Waals surface area contributed by atoms with Crippen molar-refractivity contribution in [1.29, 1.82) is 0 Å². The zero-order valence-corrected chi connectivity index (χ0v) is 15.7. The van der Waals surface area contributed by atoms with Crippen LogP contribution in [0, 0.1) is 0 Å². The molecule has 4 rings (SSSR count). The molecule has 0 fully saturated rings. The van der Waals surface area contributed by atoms with Crippen LogP contribution < -0.4 is 5.73 Å². The van der Waals surface area contributed by atoms with Crippen LogP contribution in [0.3, 0.4) is 0 Å². The van der Waals surface area contributed by atoms with Crippen molar-refractivity contribution in [3.05, 3.63) is 35.2 Å². The maximum Gasteiger partial charge on any atom is 0.353 e. The molecule has 0 atom stereocenters. The van der Waals surface area contributed by atoms with Crippen LogP contribution in [0.1, 0.15) is 31.3 Å². The highest BCUT2D eigenvalue weighted by Crippen LogP contribution is 2.36. The summed E-state index contributed by atoms with van der Waals surface area (Å²) in [7, 11) is 0. The number of aromatic amines is 1. The fourth-order valence-corrected chi connectivity index (χ4v) is 3.40. The number of hydrogen-bond acceptors (Lipinski definition) is 5. The molecule has 4 aromatic rings. The Labute approximate surface area is 159 Å². The number of H-pyrrole nitrogens is 1. The van der Waals surface area contributed by atoms with Gasteiger partial charge < -0.3 is 15.8 Å². The highest BCUT2D eigenvalue weighted by molar-refractivity contribution is 6.38. The Morgan fingerprint density at radius 1 is 1.30 bits per heavy atom. The van der Waals surface area contributed by atoms with Gasteiger partial charge in [-0.1, -0.05) is 23.7 Å². The molecule has 3 heterocycles. The van der Waals surface area contributed by atoms with Gasteiger partial charge in [-0.3, -0.25) is 0 Å². The van der Waals surface area contributed by atoms with Gasteiger partial charge in [-0.2, -0.15) is 5.10 Å². The molecule has 0 saturated carbocycles. The van der Waals surface area contributed by atoms with Crippen LogP contribution in [-0.4, -0.2) is 35.8 Å². The molecule has 0 unspecified atom stereocenters. The fraction of sp³-hybridized carbons (Fsp3) is 0.222. The molecule has 138 valence electrons. The number of carboxylic acid groups (broad SMARTS) is 1. The van der Waals surface area contributed by atoms with E-state index in [-0.39, 0.29) is 16.3 Å². The molecule has 8 nitrogen and oxygen atoms in total. The summed E-state index contributed by atoms with van der Waals surface area (Å²) < 4.78 is 1.81. The van der Waals surface area contributed by atoms with Gasteiger partial charge in [-0.15, -0.1) is 0 Å². The summed E-state index contributed by atoms with van der Waals surface area (Å²) in [6.07, 6.45) is 1.42. The van der Waals surface area contributed by atoms with E-state index in [9.17, 15) is 9.90 Å². The predicted molar refractivity (Wildman–Crippen MR) is 104 cm³/mol.